The van der Waals surface area contributed by atoms with Gasteiger partial charge in [-0.3, -0.25) is 9.69 Å². The molecule has 0 saturated carbocycles. The van der Waals surface area contributed by atoms with E-state index in [9.17, 15) is 9.59 Å². The van der Waals surface area contributed by atoms with Crippen molar-refractivity contribution >= 4 is 12.0 Å². The molecule has 25 heavy (non-hydrogen) atoms. The Kier molecular flexibility index (Phi) is 3.80. The van der Waals surface area contributed by atoms with Crippen LogP contribution in [-0.2, 0) is 9.53 Å². The average Bonchev–Trinajstić information content (AvgIpc) is 3.01. The predicted octanol–water partition coefficient (Wildman–Crippen LogP) is 2.43. The summed E-state index contributed by atoms with van der Waals surface area (Å²) in [6.07, 6.45) is -0.452. The van der Waals surface area contributed by atoms with Crippen LogP contribution in [0.3, 0.4) is 0 Å². The minimum atomic E-state index is -0.575. The Labute approximate surface area is 145 Å². The molecule has 0 aromatic heterocycles. The number of nitrogens with zero attached hydrogens (tertiary/aromatic N) is 1. The van der Waals surface area contributed by atoms with Crippen LogP contribution < -0.4 is 10.1 Å². The van der Waals surface area contributed by atoms with E-state index in [1.165, 1.54) is 0 Å². The summed E-state index contributed by atoms with van der Waals surface area (Å²) in [6.45, 7) is 0.252. The maximum Gasteiger partial charge on any atom is 0.411 e. The first kappa shape index (κ1) is 15.5. The van der Waals surface area contributed by atoms with E-state index in [0.29, 0.717) is 0 Å². The SMILES string of the molecule is COc1ccc([C@@H]2NC(=O)[C@H]2N2C(=O)OC[C@@H]2c2ccccc2)cc1. The van der Waals surface area contributed by atoms with Gasteiger partial charge in [-0.25, -0.2) is 4.79 Å². The fourth-order valence-corrected chi connectivity index (χ4v) is 3.41. The van der Waals surface area contributed by atoms with Crippen molar-refractivity contribution in [1.29, 1.82) is 0 Å². The highest BCUT2D eigenvalue weighted by atomic mass is 16.6. The molecule has 2 aromatic rings. The molecular weight excluding hydrogens is 320 g/mol. The first-order chi connectivity index (χ1) is 12.2. The third-order valence-corrected chi connectivity index (χ3v) is 4.75. The van der Waals surface area contributed by atoms with Gasteiger partial charge in [0.15, 0.2) is 0 Å². The maximum atomic E-state index is 12.3. The molecule has 2 amide bonds. The lowest BCUT2D eigenvalue weighted by Crippen LogP contribution is -2.64. The van der Waals surface area contributed by atoms with Crippen LogP contribution >= 0.6 is 0 Å². The standard InChI is InChI=1S/C19H18N2O4/c1-24-14-9-7-13(8-10-14)16-17(18(22)20-16)21-15(11-25-19(21)23)12-5-3-2-4-6-12/h2-10,15-17H,11H2,1H3,(H,20,22)/t15-,16+,17+/m1/s1. The third-order valence-electron chi connectivity index (χ3n) is 4.75. The third kappa shape index (κ3) is 2.59. The zero-order chi connectivity index (χ0) is 17.4. The van der Waals surface area contributed by atoms with E-state index in [0.717, 1.165) is 16.9 Å². The molecule has 2 heterocycles. The van der Waals surface area contributed by atoms with Gasteiger partial charge in [0.1, 0.15) is 18.4 Å². The van der Waals surface area contributed by atoms with Gasteiger partial charge in [-0.1, -0.05) is 42.5 Å². The Morgan fingerprint density at radius 1 is 1.04 bits per heavy atom. The molecule has 1 N–H and O–H groups in total. The quantitative estimate of drug-likeness (QED) is 0.870. The van der Waals surface area contributed by atoms with Crippen molar-refractivity contribution in [2.45, 2.75) is 18.1 Å². The van der Waals surface area contributed by atoms with Gasteiger partial charge in [-0.05, 0) is 23.3 Å². The van der Waals surface area contributed by atoms with E-state index < -0.39 is 12.1 Å². The van der Waals surface area contributed by atoms with Gasteiger partial charge in [0.2, 0.25) is 5.91 Å². The minimum Gasteiger partial charge on any atom is -0.497 e. The summed E-state index contributed by atoms with van der Waals surface area (Å²) < 4.78 is 10.4. The molecule has 2 fully saturated rings. The summed E-state index contributed by atoms with van der Waals surface area (Å²) >= 11 is 0. The van der Waals surface area contributed by atoms with Crippen molar-refractivity contribution in [2.75, 3.05) is 13.7 Å². The summed E-state index contributed by atoms with van der Waals surface area (Å²) in [6, 6.07) is 16.0. The largest absolute Gasteiger partial charge is 0.497 e. The lowest BCUT2D eigenvalue weighted by atomic mass is 9.89. The van der Waals surface area contributed by atoms with Gasteiger partial charge in [-0.15, -0.1) is 0 Å². The van der Waals surface area contributed by atoms with Gasteiger partial charge in [0.25, 0.3) is 0 Å². The highest BCUT2D eigenvalue weighted by Gasteiger charge is 2.51. The number of rotatable bonds is 4. The molecular formula is C19H18N2O4. The zero-order valence-corrected chi connectivity index (χ0v) is 13.7. The van der Waals surface area contributed by atoms with E-state index in [1.54, 1.807) is 12.0 Å². The number of methoxy groups -OCH3 is 1. The van der Waals surface area contributed by atoms with Gasteiger partial charge in [0.05, 0.1) is 19.2 Å². The number of hydrogen-bond donors (Lipinski definition) is 1. The first-order valence-electron chi connectivity index (χ1n) is 8.13. The zero-order valence-electron chi connectivity index (χ0n) is 13.7. The molecule has 6 nitrogen and oxygen atoms in total. The van der Waals surface area contributed by atoms with Gasteiger partial charge < -0.3 is 14.8 Å². The number of nitrogens with one attached hydrogen (secondary N) is 1. The number of cyclic esters (lactones) is 1. The Bertz CT molecular complexity index is 791. The maximum absolute atomic E-state index is 12.3. The van der Waals surface area contributed by atoms with Gasteiger partial charge >= 0.3 is 6.09 Å². The van der Waals surface area contributed by atoms with Gasteiger partial charge in [-0.2, -0.15) is 0 Å². The molecule has 4 rings (SSSR count). The summed E-state index contributed by atoms with van der Waals surface area (Å²) in [5.41, 5.74) is 1.89. The number of hydrogen-bond acceptors (Lipinski definition) is 4. The van der Waals surface area contributed by atoms with E-state index in [4.69, 9.17) is 9.47 Å². The normalized spacial score (nSPS) is 25.2. The molecule has 2 aliphatic heterocycles. The minimum absolute atomic E-state index is 0.166. The van der Waals surface area contributed by atoms with Crippen molar-refractivity contribution in [1.82, 2.24) is 10.2 Å². The van der Waals surface area contributed by atoms with Crippen LogP contribution in [-0.4, -0.2) is 36.7 Å². The molecule has 0 unspecified atom stereocenters. The summed E-state index contributed by atoms with van der Waals surface area (Å²) in [5.74, 6) is 0.578. The lowest BCUT2D eigenvalue weighted by molar-refractivity contribution is -0.136. The smallest absolute Gasteiger partial charge is 0.411 e. The fourth-order valence-electron chi connectivity index (χ4n) is 3.41. The average molecular weight is 338 g/mol. The summed E-state index contributed by atoms with van der Waals surface area (Å²) in [5, 5.41) is 2.89. The molecule has 128 valence electrons. The van der Waals surface area contributed by atoms with Crippen LogP contribution in [0.2, 0.25) is 0 Å². The van der Waals surface area contributed by atoms with Crippen LogP contribution in [0.4, 0.5) is 4.79 Å². The Morgan fingerprint density at radius 2 is 1.76 bits per heavy atom. The molecule has 3 atom stereocenters. The highest BCUT2D eigenvalue weighted by Crippen LogP contribution is 2.38. The molecule has 2 aliphatic rings. The van der Waals surface area contributed by atoms with Crippen molar-refractivity contribution in [3.63, 3.8) is 0 Å². The molecule has 2 aromatic carbocycles. The summed E-state index contributed by atoms with van der Waals surface area (Å²) in [7, 11) is 1.60. The topological polar surface area (TPSA) is 67.9 Å². The molecule has 0 spiro atoms. The van der Waals surface area contributed by atoms with Crippen LogP contribution in [0, 0.1) is 0 Å². The van der Waals surface area contributed by atoms with E-state index in [2.05, 4.69) is 5.32 Å². The Morgan fingerprint density at radius 3 is 2.40 bits per heavy atom. The van der Waals surface area contributed by atoms with E-state index >= 15 is 0 Å². The van der Waals surface area contributed by atoms with E-state index in [1.807, 2.05) is 54.6 Å². The molecule has 0 aliphatic carbocycles. The number of ether oxygens (including phenoxy) is 2. The summed E-state index contributed by atoms with van der Waals surface area (Å²) in [4.78, 5) is 26.1. The van der Waals surface area contributed by atoms with Crippen molar-refractivity contribution in [2.24, 2.45) is 0 Å². The number of carbonyl (C=O) groups excluding carboxylic acids is 2. The highest BCUT2D eigenvalue weighted by molar-refractivity contribution is 5.93. The second-order valence-electron chi connectivity index (χ2n) is 6.11. The fraction of sp³-hybridized carbons (Fsp3) is 0.263. The number of benzene rings is 2. The number of carbonyl (C=O) groups is 2. The molecule has 6 heteroatoms. The van der Waals surface area contributed by atoms with Crippen molar-refractivity contribution in [3.05, 3.63) is 65.7 Å². The number of amides is 2. The predicted molar refractivity (Wildman–Crippen MR) is 90.0 cm³/mol. The molecule has 2 saturated heterocycles. The molecule has 0 radical (unpaired) electrons. The van der Waals surface area contributed by atoms with E-state index in [-0.39, 0.29) is 24.6 Å². The van der Waals surface area contributed by atoms with Crippen molar-refractivity contribution in [3.8, 4) is 5.75 Å². The second kappa shape index (κ2) is 6.12. The number of β-lactam (4-membered cyclic amide) rings is 1. The van der Waals surface area contributed by atoms with Crippen LogP contribution in [0.15, 0.2) is 54.6 Å². The van der Waals surface area contributed by atoms with Crippen LogP contribution in [0.1, 0.15) is 23.2 Å². The van der Waals surface area contributed by atoms with Crippen LogP contribution in [0.25, 0.3) is 0 Å². The van der Waals surface area contributed by atoms with Crippen LogP contribution in [0.5, 0.6) is 5.75 Å². The monoisotopic (exact) mass is 338 g/mol. The lowest BCUT2D eigenvalue weighted by Gasteiger charge is -2.43. The Balaban J connectivity index is 1.63. The second-order valence-corrected chi connectivity index (χ2v) is 6.11. The molecule has 0 bridgehead atoms. The van der Waals surface area contributed by atoms with Crippen molar-refractivity contribution < 1.29 is 19.1 Å². The Hall–Kier alpha value is -3.02. The van der Waals surface area contributed by atoms with Gasteiger partial charge in [0, 0.05) is 0 Å². The first-order valence-corrected chi connectivity index (χ1v) is 8.13.